The van der Waals surface area contributed by atoms with Crippen molar-refractivity contribution in [3.63, 3.8) is 0 Å². The largest absolute Gasteiger partial charge is 0.422 e. The number of aromatic nitrogens is 2. The zero-order valence-electron chi connectivity index (χ0n) is 17.9. The number of hydrogen-bond acceptors (Lipinski definition) is 9. The molecule has 4 rings (SSSR count). The summed E-state index contributed by atoms with van der Waals surface area (Å²) < 4.78 is 5.32. The Kier molecular flexibility index (Phi) is 7.12. The lowest BCUT2D eigenvalue weighted by Crippen LogP contribution is -2.32. The molecule has 1 aliphatic heterocycles. The first-order valence-electron chi connectivity index (χ1n) is 10.4. The van der Waals surface area contributed by atoms with E-state index >= 15 is 0 Å². The molecule has 168 valence electrons. The molecule has 3 heterocycles. The number of nitriles is 1. The lowest BCUT2D eigenvalue weighted by Gasteiger charge is -2.29. The van der Waals surface area contributed by atoms with Crippen LogP contribution in [0.5, 0.6) is 5.75 Å². The second-order valence-corrected chi connectivity index (χ2v) is 9.52. The highest BCUT2D eigenvalue weighted by atomic mass is 32.1. The Labute approximate surface area is 199 Å². The SMILES string of the molecule is CC1CCN(c2nnc(NC(=O)/C(C#N)=C\c3ccc(OC(=O)c4cccs4)cc3)s2)CC1. The Morgan fingerprint density at radius 2 is 1.97 bits per heavy atom. The van der Waals surface area contributed by atoms with E-state index < -0.39 is 11.9 Å². The van der Waals surface area contributed by atoms with Crippen LogP contribution in [-0.4, -0.2) is 35.2 Å². The predicted octanol–water partition coefficient (Wildman–Crippen LogP) is 4.60. The number of piperidine rings is 1. The molecule has 0 unspecified atom stereocenters. The van der Waals surface area contributed by atoms with Crippen molar-refractivity contribution in [2.75, 3.05) is 23.3 Å². The molecule has 1 aromatic carbocycles. The minimum atomic E-state index is -0.555. The minimum Gasteiger partial charge on any atom is -0.422 e. The number of thiophene rings is 1. The average Bonchev–Trinajstić information content (AvgIpc) is 3.52. The quantitative estimate of drug-likeness (QED) is 0.238. The molecule has 1 saturated heterocycles. The molecule has 8 nitrogen and oxygen atoms in total. The van der Waals surface area contributed by atoms with Crippen molar-refractivity contribution in [1.29, 1.82) is 5.26 Å². The zero-order chi connectivity index (χ0) is 23.2. The molecule has 33 heavy (non-hydrogen) atoms. The van der Waals surface area contributed by atoms with Crippen molar-refractivity contribution in [2.45, 2.75) is 19.8 Å². The molecule has 1 amide bonds. The molecule has 0 bridgehead atoms. The van der Waals surface area contributed by atoms with Gasteiger partial charge < -0.3 is 9.64 Å². The van der Waals surface area contributed by atoms with Gasteiger partial charge in [-0.1, -0.05) is 36.5 Å². The van der Waals surface area contributed by atoms with Crippen LogP contribution in [0.3, 0.4) is 0 Å². The average molecular weight is 480 g/mol. The standard InChI is InChI=1S/C23H21N5O3S2/c1-15-8-10-28(11-9-15)23-27-26-22(33-23)25-20(29)17(14-24)13-16-4-6-18(7-5-16)31-21(30)19-3-2-12-32-19/h2-7,12-13,15H,8-11H2,1H3,(H,25,26,29)/b17-13-. The van der Waals surface area contributed by atoms with Gasteiger partial charge in [0.05, 0.1) is 0 Å². The van der Waals surface area contributed by atoms with E-state index in [0.717, 1.165) is 31.1 Å². The molecule has 10 heteroatoms. The van der Waals surface area contributed by atoms with Crippen LogP contribution >= 0.6 is 22.7 Å². The van der Waals surface area contributed by atoms with E-state index in [2.05, 4.69) is 27.3 Å². The lowest BCUT2D eigenvalue weighted by molar-refractivity contribution is -0.112. The van der Waals surface area contributed by atoms with E-state index in [1.165, 1.54) is 28.7 Å². The Bertz CT molecular complexity index is 1190. The number of nitrogens with one attached hydrogen (secondary N) is 1. The lowest BCUT2D eigenvalue weighted by atomic mass is 10.00. The van der Waals surface area contributed by atoms with Gasteiger partial charge in [-0.05, 0) is 54.0 Å². The topological polar surface area (TPSA) is 108 Å². The first kappa shape index (κ1) is 22.6. The van der Waals surface area contributed by atoms with E-state index in [1.54, 1.807) is 41.8 Å². The maximum absolute atomic E-state index is 12.6. The second kappa shape index (κ2) is 10.4. The van der Waals surface area contributed by atoms with Gasteiger partial charge in [0.1, 0.15) is 22.3 Å². The Balaban J connectivity index is 1.38. The van der Waals surface area contributed by atoms with Crippen LogP contribution in [0.4, 0.5) is 10.3 Å². The van der Waals surface area contributed by atoms with Gasteiger partial charge in [-0.15, -0.1) is 21.5 Å². The number of ether oxygens (including phenoxy) is 1. The highest BCUT2D eigenvalue weighted by Crippen LogP contribution is 2.28. The fourth-order valence-corrected chi connectivity index (χ4v) is 4.65. The number of nitrogens with zero attached hydrogens (tertiary/aromatic N) is 4. The van der Waals surface area contributed by atoms with E-state index in [4.69, 9.17) is 4.74 Å². The number of carbonyl (C=O) groups is 2. The van der Waals surface area contributed by atoms with Crippen LogP contribution < -0.4 is 15.0 Å². The van der Waals surface area contributed by atoms with E-state index in [0.29, 0.717) is 27.2 Å². The minimum absolute atomic E-state index is 0.0677. The number of anilines is 2. The molecular formula is C23H21N5O3S2. The van der Waals surface area contributed by atoms with E-state index in [1.807, 2.05) is 6.07 Å². The van der Waals surface area contributed by atoms with Gasteiger partial charge in [0.15, 0.2) is 0 Å². The van der Waals surface area contributed by atoms with Crippen molar-refractivity contribution < 1.29 is 14.3 Å². The number of esters is 1. The Morgan fingerprint density at radius 1 is 1.21 bits per heavy atom. The van der Waals surface area contributed by atoms with Crippen LogP contribution in [0.2, 0.25) is 0 Å². The van der Waals surface area contributed by atoms with Gasteiger partial charge in [0.25, 0.3) is 5.91 Å². The van der Waals surface area contributed by atoms with Crippen LogP contribution in [-0.2, 0) is 4.79 Å². The monoisotopic (exact) mass is 479 g/mol. The Morgan fingerprint density at radius 3 is 2.64 bits per heavy atom. The van der Waals surface area contributed by atoms with Crippen LogP contribution in [0, 0.1) is 17.2 Å². The van der Waals surface area contributed by atoms with Crippen LogP contribution in [0.25, 0.3) is 6.08 Å². The summed E-state index contributed by atoms with van der Waals surface area (Å²) in [4.78, 5) is 27.3. The number of rotatable bonds is 6. The number of hydrogen-bond donors (Lipinski definition) is 1. The third-order valence-electron chi connectivity index (χ3n) is 5.18. The van der Waals surface area contributed by atoms with E-state index in [-0.39, 0.29) is 5.57 Å². The van der Waals surface area contributed by atoms with Crippen molar-refractivity contribution in [3.8, 4) is 11.8 Å². The first-order valence-corrected chi connectivity index (χ1v) is 12.1. The highest BCUT2D eigenvalue weighted by molar-refractivity contribution is 7.19. The summed E-state index contributed by atoms with van der Waals surface area (Å²) >= 11 is 2.60. The molecule has 0 atom stereocenters. The van der Waals surface area contributed by atoms with Crippen LogP contribution in [0.1, 0.15) is 35.0 Å². The first-order chi connectivity index (χ1) is 16.0. The van der Waals surface area contributed by atoms with Gasteiger partial charge in [-0.25, -0.2) is 4.79 Å². The summed E-state index contributed by atoms with van der Waals surface area (Å²) in [5.74, 6) is 0.0994. The summed E-state index contributed by atoms with van der Waals surface area (Å²) in [7, 11) is 0. The van der Waals surface area contributed by atoms with Gasteiger partial charge >= 0.3 is 5.97 Å². The molecule has 1 N–H and O–H groups in total. The molecule has 2 aromatic heterocycles. The second-order valence-electron chi connectivity index (χ2n) is 7.62. The van der Waals surface area contributed by atoms with Crippen molar-refractivity contribution in [1.82, 2.24) is 10.2 Å². The molecule has 1 fully saturated rings. The summed E-state index contributed by atoms with van der Waals surface area (Å²) in [6, 6.07) is 12.0. The third kappa shape index (κ3) is 5.83. The summed E-state index contributed by atoms with van der Waals surface area (Å²) in [6.45, 7) is 4.08. The fraction of sp³-hybridized carbons (Fsp3) is 0.261. The molecule has 0 aliphatic carbocycles. The molecule has 0 saturated carbocycles. The summed E-state index contributed by atoms with van der Waals surface area (Å²) in [5, 5.41) is 23.3. The number of carbonyl (C=O) groups excluding carboxylic acids is 2. The van der Waals surface area contributed by atoms with Gasteiger partial charge in [-0.3, -0.25) is 10.1 Å². The maximum Gasteiger partial charge on any atom is 0.353 e. The summed E-state index contributed by atoms with van der Waals surface area (Å²) in [6.07, 6.45) is 3.68. The summed E-state index contributed by atoms with van der Waals surface area (Å²) in [5.41, 5.74) is 0.555. The third-order valence-corrected chi connectivity index (χ3v) is 6.93. The van der Waals surface area contributed by atoms with Gasteiger partial charge in [0, 0.05) is 13.1 Å². The molecule has 1 aliphatic rings. The molecule has 0 spiro atoms. The van der Waals surface area contributed by atoms with Gasteiger partial charge in [0.2, 0.25) is 10.3 Å². The van der Waals surface area contributed by atoms with Crippen LogP contribution in [0.15, 0.2) is 47.4 Å². The zero-order valence-corrected chi connectivity index (χ0v) is 19.5. The van der Waals surface area contributed by atoms with E-state index in [9.17, 15) is 14.9 Å². The Hall–Kier alpha value is -3.55. The predicted molar refractivity (Wildman–Crippen MR) is 128 cm³/mol. The normalized spacial score (nSPS) is 14.5. The van der Waals surface area contributed by atoms with Crippen molar-refractivity contribution in [3.05, 3.63) is 57.8 Å². The molecular weight excluding hydrogens is 458 g/mol. The molecule has 3 aromatic rings. The van der Waals surface area contributed by atoms with Crippen molar-refractivity contribution in [2.24, 2.45) is 5.92 Å². The van der Waals surface area contributed by atoms with Crippen molar-refractivity contribution >= 4 is 50.9 Å². The maximum atomic E-state index is 12.6. The van der Waals surface area contributed by atoms with Gasteiger partial charge in [-0.2, -0.15) is 5.26 Å². The number of amides is 1. The fourth-order valence-electron chi connectivity index (χ4n) is 3.26. The smallest absolute Gasteiger partial charge is 0.353 e. The number of benzene rings is 1. The highest BCUT2D eigenvalue weighted by Gasteiger charge is 2.20. The molecule has 0 radical (unpaired) electrons.